The topological polar surface area (TPSA) is 80.4 Å². The van der Waals surface area contributed by atoms with Crippen LogP contribution >= 0.6 is 15.9 Å². The summed E-state index contributed by atoms with van der Waals surface area (Å²) in [5, 5.41) is 19.6. The minimum absolute atomic E-state index is 0.152. The van der Waals surface area contributed by atoms with Gasteiger partial charge in [-0.25, -0.2) is 4.39 Å². The summed E-state index contributed by atoms with van der Waals surface area (Å²) < 4.78 is 12.9. The van der Waals surface area contributed by atoms with Crippen LogP contribution in [0.5, 0.6) is 5.75 Å². The maximum atomic E-state index is 12.9. The van der Waals surface area contributed by atoms with Crippen molar-refractivity contribution < 1.29 is 19.2 Å². The first-order valence-electron chi connectivity index (χ1n) is 3.73. The van der Waals surface area contributed by atoms with Crippen LogP contribution in [0, 0.1) is 15.9 Å². The Morgan fingerprint density at radius 2 is 2.20 bits per heavy atom. The van der Waals surface area contributed by atoms with Crippen LogP contribution in [0.3, 0.4) is 0 Å². The molecule has 1 aromatic carbocycles. The third kappa shape index (κ3) is 2.30. The van der Waals surface area contributed by atoms with Crippen LogP contribution in [0.15, 0.2) is 12.1 Å². The highest BCUT2D eigenvalue weighted by Crippen LogP contribution is 2.31. The fourth-order valence-electron chi connectivity index (χ4n) is 1.01. The molecule has 80 valence electrons. The van der Waals surface area contributed by atoms with Crippen molar-refractivity contribution in [3.05, 3.63) is 33.6 Å². The Morgan fingerprint density at radius 1 is 1.60 bits per heavy atom. The van der Waals surface area contributed by atoms with Gasteiger partial charge in [-0.3, -0.25) is 14.9 Å². The molecular formula is C8H5BrFNO4. The second kappa shape index (κ2) is 4.35. The molecule has 0 saturated heterocycles. The molecular weight excluding hydrogens is 273 g/mol. The number of hydrogen-bond donors (Lipinski definition) is 1. The molecule has 5 nitrogen and oxygen atoms in total. The van der Waals surface area contributed by atoms with Crippen LogP contribution in [0.1, 0.15) is 10.4 Å². The summed E-state index contributed by atoms with van der Waals surface area (Å²) in [6.45, 7) is 0. The van der Waals surface area contributed by atoms with Gasteiger partial charge < -0.3 is 5.11 Å². The number of carbonyl (C=O) groups excluding carboxylic acids is 1. The molecule has 0 amide bonds. The molecule has 0 bridgehead atoms. The lowest BCUT2D eigenvalue weighted by molar-refractivity contribution is -0.386. The second-order valence-corrected chi connectivity index (χ2v) is 3.20. The first-order chi connectivity index (χ1) is 6.97. The Labute approximate surface area is 91.8 Å². The number of rotatable bonds is 3. The van der Waals surface area contributed by atoms with Crippen molar-refractivity contribution in [2.75, 3.05) is 5.33 Å². The van der Waals surface area contributed by atoms with Gasteiger partial charge in [0.05, 0.1) is 21.9 Å². The number of nitro benzene ring substituents is 1. The SMILES string of the molecule is O=C(CBr)c1cc(F)cc([N+](=O)[O-])c1O. The Hall–Kier alpha value is -1.50. The fraction of sp³-hybridized carbons (Fsp3) is 0.125. The third-order valence-electron chi connectivity index (χ3n) is 1.67. The molecule has 1 rings (SSSR count). The average molecular weight is 278 g/mol. The number of nitrogens with zero attached hydrogens (tertiary/aromatic N) is 1. The summed E-state index contributed by atoms with van der Waals surface area (Å²) in [7, 11) is 0. The van der Waals surface area contributed by atoms with E-state index in [4.69, 9.17) is 0 Å². The number of phenols is 1. The number of carbonyl (C=O) groups is 1. The Kier molecular flexibility index (Phi) is 3.35. The van der Waals surface area contributed by atoms with E-state index in [1.54, 1.807) is 0 Å². The van der Waals surface area contributed by atoms with E-state index >= 15 is 0 Å². The summed E-state index contributed by atoms with van der Waals surface area (Å²) in [5.41, 5.74) is -1.22. The zero-order valence-corrected chi connectivity index (χ0v) is 8.82. The number of aromatic hydroxyl groups is 1. The molecule has 0 unspecified atom stereocenters. The number of nitro groups is 1. The van der Waals surface area contributed by atoms with E-state index in [0.29, 0.717) is 6.07 Å². The van der Waals surface area contributed by atoms with E-state index in [0.717, 1.165) is 6.07 Å². The Bertz CT molecular complexity index is 435. The lowest BCUT2D eigenvalue weighted by atomic mass is 10.1. The smallest absolute Gasteiger partial charge is 0.314 e. The van der Waals surface area contributed by atoms with Gasteiger partial charge in [0.2, 0.25) is 5.75 Å². The number of halogens is 2. The Morgan fingerprint density at radius 3 is 2.67 bits per heavy atom. The van der Waals surface area contributed by atoms with Crippen LogP contribution in [0.4, 0.5) is 10.1 Å². The third-order valence-corrected chi connectivity index (χ3v) is 2.18. The molecule has 0 aliphatic rings. The predicted octanol–water partition coefficient (Wildman–Crippen LogP) is 2.02. The number of phenolic OH excluding ortho intramolecular Hbond substituents is 1. The monoisotopic (exact) mass is 277 g/mol. The van der Waals surface area contributed by atoms with E-state index < -0.39 is 33.5 Å². The normalized spacial score (nSPS) is 10.0. The van der Waals surface area contributed by atoms with Gasteiger partial charge >= 0.3 is 5.69 Å². The molecule has 0 saturated carbocycles. The quantitative estimate of drug-likeness (QED) is 0.397. The van der Waals surface area contributed by atoms with Crippen LogP contribution in [0.25, 0.3) is 0 Å². The highest BCUT2D eigenvalue weighted by molar-refractivity contribution is 9.09. The number of hydrogen-bond acceptors (Lipinski definition) is 4. The van der Waals surface area contributed by atoms with Crippen molar-refractivity contribution >= 4 is 27.4 Å². The molecule has 15 heavy (non-hydrogen) atoms. The number of alkyl halides is 1. The van der Waals surface area contributed by atoms with Crippen molar-refractivity contribution in [3.8, 4) is 5.75 Å². The van der Waals surface area contributed by atoms with Crippen LogP contribution in [-0.4, -0.2) is 21.1 Å². The molecule has 1 N–H and O–H groups in total. The minimum Gasteiger partial charge on any atom is -0.502 e. The van der Waals surface area contributed by atoms with Crippen LogP contribution < -0.4 is 0 Å². The highest BCUT2D eigenvalue weighted by atomic mass is 79.9. The van der Waals surface area contributed by atoms with Crippen molar-refractivity contribution in [1.29, 1.82) is 0 Å². The summed E-state index contributed by atoms with van der Waals surface area (Å²) in [6.07, 6.45) is 0. The van der Waals surface area contributed by atoms with E-state index in [9.17, 15) is 24.4 Å². The fourth-order valence-corrected chi connectivity index (χ4v) is 1.31. The van der Waals surface area contributed by atoms with Gasteiger partial charge in [-0.15, -0.1) is 0 Å². The van der Waals surface area contributed by atoms with Gasteiger partial charge in [-0.1, -0.05) is 15.9 Å². The van der Waals surface area contributed by atoms with E-state index in [2.05, 4.69) is 15.9 Å². The summed E-state index contributed by atoms with van der Waals surface area (Å²) in [4.78, 5) is 20.6. The number of ketones is 1. The molecule has 0 aliphatic heterocycles. The van der Waals surface area contributed by atoms with Crippen LogP contribution in [-0.2, 0) is 0 Å². The standard InChI is InChI=1S/C8H5BrFNO4/c9-3-7(12)5-1-4(10)2-6(8(5)13)11(14)15/h1-2,13H,3H2. The van der Waals surface area contributed by atoms with Crippen molar-refractivity contribution in [2.45, 2.75) is 0 Å². The minimum atomic E-state index is -0.955. The zero-order chi connectivity index (χ0) is 11.6. The van der Waals surface area contributed by atoms with E-state index in [1.807, 2.05) is 0 Å². The maximum Gasteiger partial charge on any atom is 0.314 e. The largest absolute Gasteiger partial charge is 0.502 e. The number of benzene rings is 1. The van der Waals surface area contributed by atoms with Gasteiger partial charge in [0, 0.05) is 0 Å². The molecule has 0 fully saturated rings. The average Bonchev–Trinajstić information content (AvgIpc) is 2.19. The molecule has 0 aliphatic carbocycles. The molecule has 0 radical (unpaired) electrons. The van der Waals surface area contributed by atoms with Gasteiger partial charge in [0.1, 0.15) is 5.82 Å². The lowest BCUT2D eigenvalue weighted by Crippen LogP contribution is -2.03. The highest BCUT2D eigenvalue weighted by Gasteiger charge is 2.22. The van der Waals surface area contributed by atoms with Crippen LogP contribution in [0.2, 0.25) is 0 Å². The van der Waals surface area contributed by atoms with Gasteiger partial charge in [-0.05, 0) is 6.07 Å². The summed E-state index contributed by atoms with van der Waals surface area (Å²) >= 11 is 2.82. The van der Waals surface area contributed by atoms with Gasteiger partial charge in [0.25, 0.3) is 0 Å². The van der Waals surface area contributed by atoms with Crippen molar-refractivity contribution in [2.24, 2.45) is 0 Å². The van der Waals surface area contributed by atoms with E-state index in [1.165, 1.54) is 0 Å². The predicted molar refractivity (Wildman–Crippen MR) is 52.8 cm³/mol. The maximum absolute atomic E-state index is 12.9. The number of Topliss-reactive ketones (excluding diaryl/α,β-unsaturated/α-hetero) is 1. The van der Waals surface area contributed by atoms with Crippen molar-refractivity contribution in [3.63, 3.8) is 0 Å². The molecule has 7 heteroatoms. The van der Waals surface area contributed by atoms with E-state index in [-0.39, 0.29) is 5.33 Å². The first-order valence-corrected chi connectivity index (χ1v) is 4.85. The summed E-state index contributed by atoms with van der Waals surface area (Å²) in [5.74, 6) is -2.38. The second-order valence-electron chi connectivity index (χ2n) is 2.63. The summed E-state index contributed by atoms with van der Waals surface area (Å²) in [6, 6.07) is 1.31. The molecule has 0 heterocycles. The zero-order valence-electron chi connectivity index (χ0n) is 7.24. The molecule has 1 aromatic rings. The molecule has 0 atom stereocenters. The van der Waals surface area contributed by atoms with Crippen molar-refractivity contribution in [1.82, 2.24) is 0 Å². The van der Waals surface area contributed by atoms with Gasteiger partial charge in [-0.2, -0.15) is 0 Å². The lowest BCUT2D eigenvalue weighted by Gasteiger charge is -2.02. The Balaban J connectivity index is 3.41. The van der Waals surface area contributed by atoms with Gasteiger partial charge in [0.15, 0.2) is 5.78 Å². The first kappa shape index (κ1) is 11.6. The molecule has 0 spiro atoms. The molecule has 0 aromatic heterocycles.